The van der Waals surface area contributed by atoms with Gasteiger partial charge >= 0.3 is 0 Å². The molecule has 0 saturated heterocycles. The molecule has 2 aromatic rings. The standard InChI is InChI=1S/C21H24F2N2O3/c1-14(2)24-21(27)15(3)25(12-16-6-4-5-7-19(16)23)20(26)13-28-18-10-8-17(22)9-11-18/h4-11,14-15H,12-13H2,1-3H3,(H,24,27)/t15-/m0/s1. The summed E-state index contributed by atoms with van der Waals surface area (Å²) >= 11 is 0. The van der Waals surface area contributed by atoms with Crippen molar-refractivity contribution in [3.8, 4) is 5.75 Å². The van der Waals surface area contributed by atoms with Crippen LogP contribution in [0.4, 0.5) is 8.78 Å². The molecule has 0 aliphatic carbocycles. The summed E-state index contributed by atoms with van der Waals surface area (Å²) in [6, 6.07) is 10.4. The fraction of sp³-hybridized carbons (Fsp3) is 0.333. The number of carbonyl (C=O) groups excluding carboxylic acids is 2. The van der Waals surface area contributed by atoms with Crippen LogP contribution in [0.1, 0.15) is 26.3 Å². The number of nitrogens with zero attached hydrogens (tertiary/aromatic N) is 1. The number of hydrogen-bond acceptors (Lipinski definition) is 3. The van der Waals surface area contributed by atoms with Crippen molar-refractivity contribution in [2.75, 3.05) is 6.61 Å². The van der Waals surface area contributed by atoms with E-state index in [2.05, 4.69) is 5.32 Å². The van der Waals surface area contributed by atoms with Crippen molar-refractivity contribution in [2.45, 2.75) is 39.4 Å². The van der Waals surface area contributed by atoms with Crippen molar-refractivity contribution in [1.29, 1.82) is 0 Å². The zero-order chi connectivity index (χ0) is 20.7. The van der Waals surface area contributed by atoms with Crippen LogP contribution in [0.25, 0.3) is 0 Å². The molecule has 0 radical (unpaired) electrons. The first-order valence-electron chi connectivity index (χ1n) is 8.99. The highest BCUT2D eigenvalue weighted by molar-refractivity contribution is 5.88. The van der Waals surface area contributed by atoms with Gasteiger partial charge in [-0.05, 0) is 51.1 Å². The van der Waals surface area contributed by atoms with E-state index < -0.39 is 23.6 Å². The molecule has 0 fully saturated rings. The Morgan fingerprint density at radius 3 is 2.29 bits per heavy atom. The Morgan fingerprint density at radius 1 is 1.04 bits per heavy atom. The predicted molar refractivity (Wildman–Crippen MR) is 102 cm³/mol. The molecule has 0 bridgehead atoms. The minimum absolute atomic E-state index is 0.0784. The normalized spacial score (nSPS) is 11.8. The highest BCUT2D eigenvalue weighted by Crippen LogP contribution is 2.15. The number of hydrogen-bond donors (Lipinski definition) is 1. The van der Waals surface area contributed by atoms with Crippen molar-refractivity contribution < 1.29 is 23.1 Å². The van der Waals surface area contributed by atoms with Gasteiger partial charge in [0.05, 0.1) is 0 Å². The molecule has 0 unspecified atom stereocenters. The summed E-state index contributed by atoms with van der Waals surface area (Å²) < 4.78 is 32.5. The Labute approximate surface area is 163 Å². The second-order valence-corrected chi connectivity index (χ2v) is 6.69. The SMILES string of the molecule is CC(C)NC(=O)[C@H](C)N(Cc1ccccc1F)C(=O)COc1ccc(F)cc1. The number of rotatable bonds is 8. The summed E-state index contributed by atoms with van der Waals surface area (Å²) in [4.78, 5) is 26.4. The second-order valence-electron chi connectivity index (χ2n) is 6.69. The van der Waals surface area contributed by atoms with Crippen molar-refractivity contribution in [1.82, 2.24) is 10.2 Å². The lowest BCUT2D eigenvalue weighted by atomic mass is 10.1. The summed E-state index contributed by atoms with van der Waals surface area (Å²) in [6.07, 6.45) is 0. The van der Waals surface area contributed by atoms with Gasteiger partial charge in [0.15, 0.2) is 6.61 Å². The summed E-state index contributed by atoms with van der Waals surface area (Å²) in [5.41, 5.74) is 0.293. The van der Waals surface area contributed by atoms with Crippen molar-refractivity contribution in [3.63, 3.8) is 0 Å². The van der Waals surface area contributed by atoms with E-state index in [0.717, 1.165) is 0 Å². The smallest absolute Gasteiger partial charge is 0.261 e. The maximum Gasteiger partial charge on any atom is 0.261 e. The molecule has 0 aliphatic heterocycles. The Bertz CT molecular complexity index is 810. The zero-order valence-electron chi connectivity index (χ0n) is 16.1. The van der Waals surface area contributed by atoms with Crippen molar-refractivity contribution in [3.05, 3.63) is 65.7 Å². The maximum absolute atomic E-state index is 14.1. The third kappa shape index (κ3) is 6.04. The Kier molecular flexibility index (Phi) is 7.49. The van der Waals surface area contributed by atoms with Gasteiger partial charge in [0.2, 0.25) is 5.91 Å². The minimum Gasteiger partial charge on any atom is -0.484 e. The first kappa shape index (κ1) is 21.3. The highest BCUT2D eigenvalue weighted by atomic mass is 19.1. The molecule has 0 saturated carbocycles. The average Bonchev–Trinajstić information content (AvgIpc) is 2.65. The third-order valence-corrected chi connectivity index (χ3v) is 4.07. The molecule has 2 rings (SSSR count). The van der Waals surface area contributed by atoms with Crippen molar-refractivity contribution >= 4 is 11.8 Å². The van der Waals surface area contributed by atoms with E-state index in [4.69, 9.17) is 4.74 Å². The first-order chi connectivity index (χ1) is 13.3. The molecule has 2 aromatic carbocycles. The molecule has 0 heterocycles. The van der Waals surface area contributed by atoms with Crippen LogP contribution in [0.3, 0.4) is 0 Å². The van der Waals surface area contributed by atoms with Crippen LogP contribution in [0.2, 0.25) is 0 Å². The number of ether oxygens (including phenoxy) is 1. The van der Waals surface area contributed by atoms with Crippen LogP contribution >= 0.6 is 0 Å². The molecule has 150 valence electrons. The highest BCUT2D eigenvalue weighted by Gasteiger charge is 2.27. The molecule has 0 spiro atoms. The van der Waals surface area contributed by atoms with E-state index in [1.165, 1.54) is 35.2 Å². The quantitative estimate of drug-likeness (QED) is 0.753. The van der Waals surface area contributed by atoms with Gasteiger partial charge in [-0.25, -0.2) is 8.78 Å². The Balaban J connectivity index is 2.15. The molecular weight excluding hydrogens is 366 g/mol. The molecule has 2 amide bonds. The number of amides is 2. The molecule has 28 heavy (non-hydrogen) atoms. The number of carbonyl (C=O) groups is 2. The summed E-state index contributed by atoms with van der Waals surface area (Å²) in [7, 11) is 0. The van der Waals surface area contributed by atoms with Gasteiger partial charge in [0, 0.05) is 18.2 Å². The van der Waals surface area contributed by atoms with Gasteiger partial charge in [-0.2, -0.15) is 0 Å². The lowest BCUT2D eigenvalue weighted by molar-refractivity contribution is -0.142. The van der Waals surface area contributed by atoms with Crippen LogP contribution in [0.15, 0.2) is 48.5 Å². The molecule has 7 heteroatoms. The summed E-state index contributed by atoms with van der Waals surface area (Å²) in [5, 5.41) is 2.75. The van der Waals surface area contributed by atoms with E-state index in [1.807, 2.05) is 13.8 Å². The van der Waals surface area contributed by atoms with Crippen LogP contribution < -0.4 is 10.1 Å². The molecular formula is C21H24F2N2O3. The van der Waals surface area contributed by atoms with Gasteiger partial charge in [0.25, 0.3) is 5.91 Å². The van der Waals surface area contributed by atoms with Gasteiger partial charge in [-0.1, -0.05) is 18.2 Å². The van der Waals surface area contributed by atoms with Crippen LogP contribution in [-0.2, 0) is 16.1 Å². The van der Waals surface area contributed by atoms with E-state index >= 15 is 0 Å². The Hall–Kier alpha value is -2.96. The van der Waals surface area contributed by atoms with Gasteiger partial charge in [-0.15, -0.1) is 0 Å². The fourth-order valence-corrected chi connectivity index (χ4v) is 2.56. The predicted octanol–water partition coefficient (Wildman–Crippen LogP) is 3.29. The molecule has 0 aliphatic rings. The maximum atomic E-state index is 14.1. The lowest BCUT2D eigenvalue weighted by Gasteiger charge is -2.29. The van der Waals surface area contributed by atoms with E-state index in [9.17, 15) is 18.4 Å². The van der Waals surface area contributed by atoms with E-state index in [0.29, 0.717) is 11.3 Å². The zero-order valence-corrected chi connectivity index (χ0v) is 16.1. The van der Waals surface area contributed by atoms with Gasteiger partial charge < -0.3 is 15.0 Å². The van der Waals surface area contributed by atoms with Crippen LogP contribution in [-0.4, -0.2) is 35.4 Å². The van der Waals surface area contributed by atoms with E-state index in [-0.39, 0.29) is 25.1 Å². The lowest BCUT2D eigenvalue weighted by Crippen LogP contribution is -2.50. The van der Waals surface area contributed by atoms with Crippen molar-refractivity contribution in [2.24, 2.45) is 0 Å². The number of nitrogens with one attached hydrogen (secondary N) is 1. The molecule has 1 N–H and O–H groups in total. The summed E-state index contributed by atoms with van der Waals surface area (Å²) in [6.45, 7) is 4.76. The number of halogens is 2. The minimum atomic E-state index is -0.827. The third-order valence-electron chi connectivity index (χ3n) is 4.07. The largest absolute Gasteiger partial charge is 0.484 e. The van der Waals surface area contributed by atoms with E-state index in [1.54, 1.807) is 25.1 Å². The van der Waals surface area contributed by atoms with Gasteiger partial charge in [0.1, 0.15) is 23.4 Å². The first-order valence-corrected chi connectivity index (χ1v) is 8.99. The van der Waals surface area contributed by atoms with Gasteiger partial charge in [-0.3, -0.25) is 9.59 Å². The molecule has 1 atom stereocenters. The number of benzene rings is 2. The average molecular weight is 390 g/mol. The van der Waals surface area contributed by atoms with Crippen LogP contribution in [0, 0.1) is 11.6 Å². The second kappa shape index (κ2) is 9.82. The monoisotopic (exact) mass is 390 g/mol. The fourth-order valence-electron chi connectivity index (χ4n) is 2.56. The summed E-state index contributed by atoms with van der Waals surface area (Å²) in [5.74, 6) is -1.39. The topological polar surface area (TPSA) is 58.6 Å². The van der Waals surface area contributed by atoms with Crippen LogP contribution in [0.5, 0.6) is 5.75 Å². The Morgan fingerprint density at radius 2 is 1.68 bits per heavy atom. The molecule has 5 nitrogen and oxygen atoms in total. The molecule has 0 aromatic heterocycles.